The third-order valence-corrected chi connectivity index (χ3v) is 4.70. The number of hydrogen-bond acceptors (Lipinski definition) is 4. The molecule has 0 radical (unpaired) electrons. The highest BCUT2D eigenvalue weighted by molar-refractivity contribution is 6.31. The standard InChI is InChI=1S/C23H19Cl2N3O3/c1-15(27-28-22(29)14-31-21-12-8-19(25)9-13-21)16-4-10-20(11-5-16)26-23(30)17-2-6-18(24)7-3-17/h2-13H,14H2,1H3,(H,26,30)(H,28,29). The van der Waals surface area contributed by atoms with Crippen LogP contribution in [0.1, 0.15) is 22.8 Å². The molecule has 0 aromatic heterocycles. The van der Waals surface area contributed by atoms with Crippen LogP contribution in [0.5, 0.6) is 5.75 Å². The molecule has 2 amide bonds. The average Bonchev–Trinajstić information content (AvgIpc) is 2.78. The molecule has 8 heteroatoms. The van der Waals surface area contributed by atoms with Gasteiger partial charge >= 0.3 is 0 Å². The van der Waals surface area contributed by atoms with Gasteiger partial charge in [0.15, 0.2) is 6.61 Å². The van der Waals surface area contributed by atoms with Crippen molar-refractivity contribution in [3.8, 4) is 5.75 Å². The lowest BCUT2D eigenvalue weighted by Gasteiger charge is -2.08. The van der Waals surface area contributed by atoms with E-state index in [1.54, 1.807) is 79.7 Å². The maximum Gasteiger partial charge on any atom is 0.277 e. The first-order valence-electron chi connectivity index (χ1n) is 9.29. The molecule has 2 N–H and O–H groups in total. The minimum Gasteiger partial charge on any atom is -0.484 e. The van der Waals surface area contributed by atoms with Crippen LogP contribution in [0.2, 0.25) is 10.0 Å². The molecule has 3 aromatic rings. The predicted octanol–water partition coefficient (Wildman–Crippen LogP) is 5.16. The monoisotopic (exact) mass is 455 g/mol. The molecule has 0 saturated heterocycles. The summed E-state index contributed by atoms with van der Waals surface area (Å²) in [4.78, 5) is 24.2. The van der Waals surface area contributed by atoms with Crippen molar-refractivity contribution < 1.29 is 14.3 Å². The lowest BCUT2D eigenvalue weighted by molar-refractivity contribution is -0.123. The Morgan fingerprint density at radius 2 is 1.39 bits per heavy atom. The highest BCUT2D eigenvalue weighted by Crippen LogP contribution is 2.16. The van der Waals surface area contributed by atoms with E-state index in [1.807, 2.05) is 0 Å². The number of rotatable bonds is 7. The Hall–Kier alpha value is -3.35. The molecule has 0 fully saturated rings. The Labute approximate surface area is 189 Å². The Balaban J connectivity index is 1.51. The first-order chi connectivity index (χ1) is 14.9. The van der Waals surface area contributed by atoms with Crippen LogP contribution < -0.4 is 15.5 Å². The summed E-state index contributed by atoms with van der Waals surface area (Å²) in [7, 11) is 0. The summed E-state index contributed by atoms with van der Waals surface area (Å²) < 4.78 is 5.37. The first kappa shape index (κ1) is 22.3. The topological polar surface area (TPSA) is 79.8 Å². The maximum atomic E-state index is 12.3. The average molecular weight is 456 g/mol. The number of carbonyl (C=O) groups is 2. The van der Waals surface area contributed by atoms with Crippen molar-refractivity contribution >= 4 is 46.4 Å². The Morgan fingerprint density at radius 1 is 0.839 bits per heavy atom. The quantitative estimate of drug-likeness (QED) is 0.381. The molecule has 0 aliphatic carbocycles. The second kappa shape index (κ2) is 10.6. The molecular weight excluding hydrogens is 437 g/mol. The van der Waals surface area contributed by atoms with Crippen molar-refractivity contribution in [2.75, 3.05) is 11.9 Å². The van der Waals surface area contributed by atoms with E-state index >= 15 is 0 Å². The minimum atomic E-state index is -0.388. The minimum absolute atomic E-state index is 0.173. The number of anilines is 1. The molecule has 3 aromatic carbocycles. The zero-order valence-electron chi connectivity index (χ0n) is 16.6. The molecule has 0 saturated carbocycles. The number of benzene rings is 3. The molecule has 31 heavy (non-hydrogen) atoms. The van der Waals surface area contributed by atoms with E-state index in [4.69, 9.17) is 27.9 Å². The van der Waals surface area contributed by atoms with Gasteiger partial charge in [-0.05, 0) is 73.2 Å². The first-order valence-corrected chi connectivity index (χ1v) is 10.0. The van der Waals surface area contributed by atoms with Crippen molar-refractivity contribution in [3.05, 3.63) is 94.0 Å². The molecule has 0 unspecified atom stereocenters. The van der Waals surface area contributed by atoms with Crippen LogP contribution in [-0.4, -0.2) is 24.1 Å². The number of halogens is 2. The van der Waals surface area contributed by atoms with Gasteiger partial charge in [-0.15, -0.1) is 0 Å². The smallest absolute Gasteiger partial charge is 0.277 e. The summed E-state index contributed by atoms with van der Waals surface area (Å²) >= 11 is 11.6. The molecule has 0 bridgehead atoms. The normalized spacial score (nSPS) is 11.0. The van der Waals surface area contributed by atoms with E-state index in [9.17, 15) is 9.59 Å². The van der Waals surface area contributed by atoms with E-state index in [1.165, 1.54) is 0 Å². The number of carbonyl (C=O) groups excluding carboxylic acids is 2. The van der Waals surface area contributed by atoms with Crippen LogP contribution >= 0.6 is 23.2 Å². The Kier molecular flexibility index (Phi) is 7.65. The van der Waals surface area contributed by atoms with Gasteiger partial charge in [0, 0.05) is 21.3 Å². The molecule has 6 nitrogen and oxygen atoms in total. The van der Waals surface area contributed by atoms with E-state index in [2.05, 4.69) is 15.8 Å². The van der Waals surface area contributed by atoms with Gasteiger partial charge < -0.3 is 10.1 Å². The third kappa shape index (κ3) is 6.84. The van der Waals surface area contributed by atoms with Gasteiger partial charge in [0.25, 0.3) is 11.8 Å². The zero-order chi connectivity index (χ0) is 22.2. The summed E-state index contributed by atoms with van der Waals surface area (Å²) in [6, 6.07) is 20.5. The van der Waals surface area contributed by atoms with Gasteiger partial charge in [0.2, 0.25) is 0 Å². The molecule has 0 aliphatic rings. The molecule has 3 rings (SSSR count). The van der Waals surface area contributed by atoms with Crippen LogP contribution in [-0.2, 0) is 4.79 Å². The largest absolute Gasteiger partial charge is 0.484 e. The van der Waals surface area contributed by atoms with Crippen LogP contribution in [0.25, 0.3) is 0 Å². The fraction of sp³-hybridized carbons (Fsp3) is 0.0870. The van der Waals surface area contributed by atoms with E-state index in [0.717, 1.165) is 5.56 Å². The SMILES string of the molecule is CC(=NNC(=O)COc1ccc(Cl)cc1)c1ccc(NC(=O)c2ccc(Cl)cc2)cc1. The molecule has 158 valence electrons. The summed E-state index contributed by atoms with van der Waals surface area (Å²) in [6.07, 6.45) is 0. The van der Waals surface area contributed by atoms with Gasteiger partial charge in [-0.1, -0.05) is 35.3 Å². The van der Waals surface area contributed by atoms with Crippen LogP contribution in [0, 0.1) is 0 Å². The number of nitrogens with one attached hydrogen (secondary N) is 2. The molecule has 0 aliphatic heterocycles. The van der Waals surface area contributed by atoms with Crippen molar-refractivity contribution in [1.82, 2.24) is 5.43 Å². The van der Waals surface area contributed by atoms with Gasteiger partial charge in [-0.2, -0.15) is 5.10 Å². The lowest BCUT2D eigenvalue weighted by atomic mass is 10.1. The fourth-order valence-electron chi connectivity index (χ4n) is 2.52. The van der Waals surface area contributed by atoms with Crippen LogP contribution in [0.3, 0.4) is 0 Å². The number of ether oxygens (including phenoxy) is 1. The number of hydrazone groups is 1. The van der Waals surface area contributed by atoms with Crippen molar-refractivity contribution in [3.63, 3.8) is 0 Å². The molecule has 0 atom stereocenters. The predicted molar refractivity (Wildman–Crippen MR) is 123 cm³/mol. The second-order valence-electron chi connectivity index (χ2n) is 6.51. The lowest BCUT2D eigenvalue weighted by Crippen LogP contribution is -2.25. The third-order valence-electron chi connectivity index (χ3n) is 4.20. The fourth-order valence-corrected chi connectivity index (χ4v) is 2.77. The highest BCUT2D eigenvalue weighted by Gasteiger charge is 2.07. The summed E-state index contributed by atoms with van der Waals surface area (Å²) in [5.74, 6) is -0.0830. The Morgan fingerprint density at radius 3 is 2.00 bits per heavy atom. The van der Waals surface area contributed by atoms with Crippen molar-refractivity contribution in [2.24, 2.45) is 5.10 Å². The van der Waals surface area contributed by atoms with E-state index in [0.29, 0.717) is 32.8 Å². The summed E-state index contributed by atoms with van der Waals surface area (Å²) in [5.41, 5.74) is 5.00. The second-order valence-corrected chi connectivity index (χ2v) is 7.39. The molecule has 0 heterocycles. The van der Waals surface area contributed by atoms with Gasteiger partial charge in [-0.3, -0.25) is 9.59 Å². The van der Waals surface area contributed by atoms with E-state index < -0.39 is 0 Å². The highest BCUT2D eigenvalue weighted by atomic mass is 35.5. The Bertz CT molecular complexity index is 1080. The molecular formula is C23H19Cl2N3O3. The van der Waals surface area contributed by atoms with Gasteiger partial charge in [0.05, 0.1) is 5.71 Å². The zero-order valence-corrected chi connectivity index (χ0v) is 18.1. The number of nitrogens with zero attached hydrogens (tertiary/aromatic N) is 1. The van der Waals surface area contributed by atoms with Crippen LogP contribution in [0.15, 0.2) is 77.9 Å². The summed E-state index contributed by atoms with van der Waals surface area (Å²) in [6.45, 7) is 1.59. The maximum absolute atomic E-state index is 12.3. The van der Waals surface area contributed by atoms with Gasteiger partial charge in [0.1, 0.15) is 5.75 Å². The van der Waals surface area contributed by atoms with Crippen molar-refractivity contribution in [1.29, 1.82) is 0 Å². The summed E-state index contributed by atoms with van der Waals surface area (Å²) in [5, 5.41) is 8.06. The van der Waals surface area contributed by atoms with Gasteiger partial charge in [-0.25, -0.2) is 5.43 Å². The number of hydrogen-bond donors (Lipinski definition) is 2. The van der Waals surface area contributed by atoms with Crippen LogP contribution in [0.4, 0.5) is 5.69 Å². The van der Waals surface area contributed by atoms with Crippen molar-refractivity contribution in [2.45, 2.75) is 6.92 Å². The number of amides is 2. The molecule has 0 spiro atoms. The van der Waals surface area contributed by atoms with E-state index in [-0.39, 0.29) is 18.4 Å².